The van der Waals surface area contributed by atoms with Crippen LogP contribution in [0.15, 0.2) is 58.7 Å². The third kappa shape index (κ3) is 3.82. The highest BCUT2D eigenvalue weighted by atomic mass is 32.2. The number of fused-ring (bicyclic) bond motifs is 2. The number of nitrogens with zero attached hydrogens (tertiary/aromatic N) is 5. The van der Waals surface area contributed by atoms with Crippen molar-refractivity contribution >= 4 is 21.6 Å². The van der Waals surface area contributed by atoms with E-state index in [1.165, 1.54) is 21.3 Å². The molecule has 0 spiro atoms. The van der Waals surface area contributed by atoms with Crippen molar-refractivity contribution < 1.29 is 13.2 Å². The summed E-state index contributed by atoms with van der Waals surface area (Å²) >= 11 is 0. The molecule has 6 rings (SSSR count). The van der Waals surface area contributed by atoms with Gasteiger partial charge in [0.05, 0.1) is 36.4 Å². The third-order valence-corrected chi connectivity index (χ3v) is 8.78. The summed E-state index contributed by atoms with van der Waals surface area (Å²) in [4.78, 5) is 39.5. The molecule has 11 nitrogen and oxygen atoms in total. The molecule has 5 heterocycles. The summed E-state index contributed by atoms with van der Waals surface area (Å²) in [5.41, 5.74) is 3.28. The normalized spacial score (nSPS) is 18.9. The highest BCUT2D eigenvalue weighted by Gasteiger charge is 2.37. The largest absolute Gasteiger partial charge is 0.336 e. The molecule has 2 aliphatic heterocycles. The molecule has 3 aromatic heterocycles. The van der Waals surface area contributed by atoms with E-state index in [4.69, 9.17) is 4.98 Å². The number of imidazole rings is 1. The van der Waals surface area contributed by atoms with Gasteiger partial charge in [0.1, 0.15) is 0 Å². The molecule has 4 aromatic rings. The first kappa shape index (κ1) is 22.7. The molecule has 2 aliphatic rings. The Morgan fingerprint density at radius 2 is 1.97 bits per heavy atom. The van der Waals surface area contributed by atoms with Crippen molar-refractivity contribution in [2.24, 2.45) is 5.92 Å². The molecule has 1 unspecified atom stereocenters. The van der Waals surface area contributed by atoms with E-state index in [-0.39, 0.29) is 29.6 Å². The van der Waals surface area contributed by atoms with Crippen LogP contribution < -0.4 is 5.56 Å². The van der Waals surface area contributed by atoms with Crippen LogP contribution in [-0.2, 0) is 27.8 Å². The molecule has 0 radical (unpaired) electrons. The third-order valence-electron chi connectivity index (χ3n) is 6.99. The molecule has 12 heteroatoms. The van der Waals surface area contributed by atoms with Crippen molar-refractivity contribution in [2.75, 3.05) is 19.6 Å². The minimum absolute atomic E-state index is 0.0255. The molecule has 36 heavy (non-hydrogen) atoms. The number of carbonyl (C=O) groups is 1. The summed E-state index contributed by atoms with van der Waals surface area (Å²) in [5, 5.41) is 3.16. The lowest BCUT2D eigenvalue weighted by molar-refractivity contribution is -0.137. The lowest BCUT2D eigenvalue weighted by atomic mass is 9.96. The van der Waals surface area contributed by atoms with E-state index in [0.29, 0.717) is 49.3 Å². The molecule has 1 aromatic carbocycles. The summed E-state index contributed by atoms with van der Waals surface area (Å²) in [6.07, 6.45) is 4.21. The number of sulfonamides is 1. The predicted octanol–water partition coefficient (Wildman–Crippen LogP) is 1.40. The Hall–Kier alpha value is -3.77. The van der Waals surface area contributed by atoms with Crippen LogP contribution in [0.4, 0.5) is 0 Å². The summed E-state index contributed by atoms with van der Waals surface area (Å²) < 4.78 is 28.6. The van der Waals surface area contributed by atoms with Crippen molar-refractivity contribution in [3.05, 3.63) is 70.5 Å². The van der Waals surface area contributed by atoms with Gasteiger partial charge in [-0.3, -0.25) is 14.7 Å². The molecule has 1 amide bonds. The van der Waals surface area contributed by atoms with Crippen molar-refractivity contribution in [1.82, 2.24) is 33.8 Å². The second-order valence-corrected chi connectivity index (χ2v) is 11.1. The number of aromatic amines is 2. The van der Waals surface area contributed by atoms with Crippen LogP contribution in [0, 0.1) is 5.92 Å². The average Bonchev–Trinajstić information content (AvgIpc) is 3.60. The van der Waals surface area contributed by atoms with Gasteiger partial charge in [-0.1, -0.05) is 30.3 Å². The number of benzene rings is 1. The van der Waals surface area contributed by atoms with Gasteiger partial charge >= 0.3 is 0 Å². The van der Waals surface area contributed by atoms with Gasteiger partial charge in [-0.05, 0) is 24.8 Å². The maximum Gasteiger partial charge on any atom is 0.276 e. The van der Waals surface area contributed by atoms with Crippen LogP contribution in [0.25, 0.3) is 16.9 Å². The van der Waals surface area contributed by atoms with E-state index < -0.39 is 15.9 Å². The predicted molar refractivity (Wildman–Crippen MR) is 130 cm³/mol. The molecule has 0 aliphatic carbocycles. The van der Waals surface area contributed by atoms with E-state index in [1.54, 1.807) is 4.90 Å². The summed E-state index contributed by atoms with van der Waals surface area (Å²) in [7, 11) is -3.73. The minimum Gasteiger partial charge on any atom is -0.336 e. The maximum absolute atomic E-state index is 13.4. The van der Waals surface area contributed by atoms with E-state index >= 15 is 0 Å². The number of aromatic nitrogens is 5. The molecule has 1 saturated heterocycles. The Labute approximate surface area is 206 Å². The summed E-state index contributed by atoms with van der Waals surface area (Å²) in [6.45, 7) is 1.11. The van der Waals surface area contributed by atoms with Crippen molar-refractivity contribution in [3.63, 3.8) is 0 Å². The van der Waals surface area contributed by atoms with Gasteiger partial charge in [-0.2, -0.15) is 4.31 Å². The van der Waals surface area contributed by atoms with Crippen LogP contribution in [-0.4, -0.2) is 67.7 Å². The van der Waals surface area contributed by atoms with Gasteiger partial charge in [-0.15, -0.1) is 0 Å². The van der Waals surface area contributed by atoms with E-state index in [2.05, 4.69) is 15.1 Å². The first-order chi connectivity index (χ1) is 17.4. The zero-order chi connectivity index (χ0) is 24.9. The SMILES string of the molecule is O=C(C1CCCN(S(=O)(=O)c2cnc[nH]2)C1)N1CCc2c(nc3cc(-c4ccccc4)[nH]n3c2=O)C1. The van der Waals surface area contributed by atoms with E-state index in [0.717, 1.165) is 11.3 Å². The molecule has 186 valence electrons. The van der Waals surface area contributed by atoms with Gasteiger partial charge in [-0.25, -0.2) is 22.9 Å². The number of amides is 1. The highest BCUT2D eigenvalue weighted by Crippen LogP contribution is 2.26. The quantitative estimate of drug-likeness (QED) is 0.429. The first-order valence-corrected chi connectivity index (χ1v) is 13.3. The molecule has 1 fully saturated rings. The van der Waals surface area contributed by atoms with Crippen LogP contribution in [0.3, 0.4) is 0 Å². The van der Waals surface area contributed by atoms with Crippen LogP contribution in [0.2, 0.25) is 0 Å². The molecular formula is C24H25N7O4S. The van der Waals surface area contributed by atoms with E-state index in [9.17, 15) is 18.0 Å². The number of hydrogen-bond acceptors (Lipinski definition) is 6. The summed E-state index contributed by atoms with van der Waals surface area (Å²) in [5.74, 6) is -0.550. The van der Waals surface area contributed by atoms with Crippen LogP contribution in [0.5, 0.6) is 0 Å². The van der Waals surface area contributed by atoms with Crippen LogP contribution in [0.1, 0.15) is 24.1 Å². The highest BCUT2D eigenvalue weighted by molar-refractivity contribution is 7.89. The van der Waals surface area contributed by atoms with E-state index in [1.807, 2.05) is 36.4 Å². The number of rotatable bonds is 4. The molecule has 0 bridgehead atoms. The number of carbonyl (C=O) groups excluding carboxylic acids is 1. The standard InChI is InChI=1S/C24H25N7O4S/c32-23(17-7-4-9-30(13-17)36(34,35)22-12-25-15-26-22)29-10-8-18-20(14-29)27-21-11-19(28-31(21)24(18)33)16-5-2-1-3-6-16/h1-3,5-6,11-12,15,17,28H,4,7-10,13-14H2,(H,25,26). The average molecular weight is 508 g/mol. The minimum atomic E-state index is -3.73. The fraction of sp³-hybridized carbons (Fsp3) is 0.333. The Morgan fingerprint density at radius 1 is 1.14 bits per heavy atom. The molecular weight excluding hydrogens is 482 g/mol. The Morgan fingerprint density at radius 3 is 2.75 bits per heavy atom. The fourth-order valence-electron chi connectivity index (χ4n) is 5.09. The molecule has 1 atom stereocenters. The topological polar surface area (TPSA) is 137 Å². The smallest absolute Gasteiger partial charge is 0.276 e. The Balaban J connectivity index is 1.23. The number of H-pyrrole nitrogens is 2. The second-order valence-electron chi connectivity index (χ2n) is 9.20. The first-order valence-electron chi connectivity index (χ1n) is 11.9. The molecule has 0 saturated carbocycles. The Bertz CT molecular complexity index is 1590. The van der Waals surface area contributed by atoms with Gasteiger partial charge in [0.15, 0.2) is 10.7 Å². The Kier molecular flexibility index (Phi) is 5.49. The molecule has 2 N–H and O–H groups in total. The van der Waals surface area contributed by atoms with Gasteiger partial charge in [0.25, 0.3) is 15.6 Å². The van der Waals surface area contributed by atoms with Crippen LogP contribution >= 0.6 is 0 Å². The van der Waals surface area contributed by atoms with Gasteiger partial charge < -0.3 is 9.88 Å². The number of hydrogen-bond donors (Lipinski definition) is 2. The van der Waals surface area contributed by atoms with Crippen molar-refractivity contribution in [2.45, 2.75) is 30.8 Å². The lowest BCUT2D eigenvalue weighted by Gasteiger charge is -2.35. The van der Waals surface area contributed by atoms with Crippen molar-refractivity contribution in [3.8, 4) is 11.3 Å². The maximum atomic E-state index is 13.4. The fourth-order valence-corrected chi connectivity index (χ4v) is 6.51. The van der Waals surface area contributed by atoms with Gasteiger partial charge in [0.2, 0.25) is 5.91 Å². The summed E-state index contributed by atoms with van der Waals surface area (Å²) in [6, 6.07) is 11.5. The number of nitrogens with one attached hydrogen (secondary N) is 2. The van der Waals surface area contributed by atoms with Crippen molar-refractivity contribution in [1.29, 1.82) is 0 Å². The lowest BCUT2D eigenvalue weighted by Crippen LogP contribution is -2.48. The monoisotopic (exact) mass is 507 g/mol. The zero-order valence-corrected chi connectivity index (χ0v) is 20.2. The van der Waals surface area contributed by atoms with Gasteiger partial charge in [0, 0.05) is 31.3 Å². The zero-order valence-electron chi connectivity index (χ0n) is 19.4. The number of piperidine rings is 1. The second kappa shape index (κ2) is 8.71.